The Kier molecular flexibility index (Phi) is 6.14. The zero-order valence-electron chi connectivity index (χ0n) is 12.9. The minimum atomic E-state index is 0.221. The molecule has 0 saturated carbocycles. The SMILES string of the molecule is CCCOc1cncc(C(Cc2nc(C)cs2)NCC)c1. The number of thiazole rings is 1. The summed E-state index contributed by atoms with van der Waals surface area (Å²) in [5, 5.41) is 6.76. The van der Waals surface area contributed by atoms with Gasteiger partial charge < -0.3 is 10.1 Å². The molecule has 5 heteroatoms. The molecule has 0 saturated heterocycles. The summed E-state index contributed by atoms with van der Waals surface area (Å²) in [7, 11) is 0. The molecule has 0 bridgehead atoms. The van der Waals surface area contributed by atoms with Crippen LogP contribution in [-0.2, 0) is 6.42 Å². The van der Waals surface area contributed by atoms with Crippen LogP contribution in [0.15, 0.2) is 23.8 Å². The van der Waals surface area contributed by atoms with E-state index in [9.17, 15) is 0 Å². The van der Waals surface area contributed by atoms with Crippen molar-refractivity contribution in [2.24, 2.45) is 0 Å². The lowest BCUT2D eigenvalue weighted by Crippen LogP contribution is -2.23. The average molecular weight is 305 g/mol. The molecule has 2 aromatic heterocycles. The van der Waals surface area contributed by atoms with E-state index in [0.29, 0.717) is 0 Å². The van der Waals surface area contributed by atoms with Crippen LogP contribution in [0, 0.1) is 6.92 Å². The first-order chi connectivity index (χ1) is 10.2. The quantitative estimate of drug-likeness (QED) is 0.810. The highest BCUT2D eigenvalue weighted by Crippen LogP contribution is 2.23. The van der Waals surface area contributed by atoms with Crippen LogP contribution in [-0.4, -0.2) is 23.1 Å². The molecule has 21 heavy (non-hydrogen) atoms. The maximum absolute atomic E-state index is 5.68. The zero-order chi connectivity index (χ0) is 15.1. The molecule has 114 valence electrons. The number of ether oxygens (including phenoxy) is 1. The Morgan fingerprint density at radius 1 is 1.33 bits per heavy atom. The number of rotatable bonds is 8. The predicted octanol–water partition coefficient (Wildman–Crippen LogP) is 3.53. The van der Waals surface area contributed by atoms with Crippen LogP contribution in [0.1, 0.15) is 42.6 Å². The number of likely N-dealkylation sites (N-methyl/N-ethyl adjacent to an activating group) is 1. The van der Waals surface area contributed by atoms with Crippen molar-refractivity contribution in [3.63, 3.8) is 0 Å². The number of hydrogen-bond acceptors (Lipinski definition) is 5. The fourth-order valence-electron chi connectivity index (χ4n) is 2.15. The summed E-state index contributed by atoms with van der Waals surface area (Å²) in [6.45, 7) is 7.88. The zero-order valence-corrected chi connectivity index (χ0v) is 13.7. The molecule has 0 spiro atoms. The van der Waals surface area contributed by atoms with Crippen molar-refractivity contribution >= 4 is 11.3 Å². The highest BCUT2D eigenvalue weighted by atomic mass is 32.1. The Morgan fingerprint density at radius 2 is 2.19 bits per heavy atom. The second-order valence-corrected chi connectivity index (χ2v) is 5.94. The average Bonchev–Trinajstić information content (AvgIpc) is 2.90. The van der Waals surface area contributed by atoms with Crippen molar-refractivity contribution in [2.45, 2.75) is 39.7 Å². The molecule has 0 aromatic carbocycles. The molecular weight excluding hydrogens is 282 g/mol. The minimum Gasteiger partial charge on any atom is -0.492 e. The fourth-order valence-corrected chi connectivity index (χ4v) is 2.97. The molecule has 4 nitrogen and oxygen atoms in total. The highest BCUT2D eigenvalue weighted by Gasteiger charge is 2.14. The molecule has 2 heterocycles. The Morgan fingerprint density at radius 3 is 2.86 bits per heavy atom. The second kappa shape index (κ2) is 8.10. The van der Waals surface area contributed by atoms with Gasteiger partial charge in [-0.15, -0.1) is 11.3 Å². The van der Waals surface area contributed by atoms with Crippen LogP contribution in [0.5, 0.6) is 5.75 Å². The Balaban J connectivity index is 2.13. The first kappa shape index (κ1) is 15.9. The van der Waals surface area contributed by atoms with Gasteiger partial charge in [0.15, 0.2) is 0 Å². The maximum atomic E-state index is 5.68. The third-order valence-electron chi connectivity index (χ3n) is 3.11. The van der Waals surface area contributed by atoms with Crippen LogP contribution in [0.2, 0.25) is 0 Å². The summed E-state index contributed by atoms with van der Waals surface area (Å²) >= 11 is 1.71. The first-order valence-electron chi connectivity index (χ1n) is 7.45. The summed E-state index contributed by atoms with van der Waals surface area (Å²) in [5.74, 6) is 0.840. The molecule has 0 aliphatic heterocycles. The van der Waals surface area contributed by atoms with E-state index in [1.165, 1.54) is 0 Å². The maximum Gasteiger partial charge on any atom is 0.137 e. The van der Waals surface area contributed by atoms with Gasteiger partial charge in [-0.2, -0.15) is 0 Å². The summed E-state index contributed by atoms with van der Waals surface area (Å²) in [6.07, 6.45) is 5.56. The van der Waals surface area contributed by atoms with Gasteiger partial charge in [-0.3, -0.25) is 4.98 Å². The number of aromatic nitrogens is 2. The van der Waals surface area contributed by atoms with Crippen LogP contribution in [0.3, 0.4) is 0 Å². The van der Waals surface area contributed by atoms with Crippen molar-refractivity contribution in [3.05, 3.63) is 40.1 Å². The lowest BCUT2D eigenvalue weighted by Gasteiger charge is -2.17. The van der Waals surface area contributed by atoms with Gasteiger partial charge in [0.25, 0.3) is 0 Å². The number of aryl methyl sites for hydroxylation is 1. The molecule has 2 aromatic rings. The Labute approximate surface area is 130 Å². The summed E-state index contributed by atoms with van der Waals surface area (Å²) in [5.41, 5.74) is 2.24. The van der Waals surface area contributed by atoms with E-state index >= 15 is 0 Å². The van der Waals surface area contributed by atoms with E-state index in [1.54, 1.807) is 17.5 Å². The molecule has 0 fully saturated rings. The van der Waals surface area contributed by atoms with Gasteiger partial charge in [-0.05, 0) is 31.5 Å². The smallest absolute Gasteiger partial charge is 0.137 e. The Bertz CT molecular complexity index is 556. The molecule has 1 atom stereocenters. The fraction of sp³-hybridized carbons (Fsp3) is 0.500. The van der Waals surface area contributed by atoms with Gasteiger partial charge in [-0.1, -0.05) is 13.8 Å². The molecule has 0 radical (unpaired) electrons. The normalized spacial score (nSPS) is 12.3. The minimum absolute atomic E-state index is 0.221. The van der Waals surface area contributed by atoms with Gasteiger partial charge in [-0.25, -0.2) is 4.98 Å². The van der Waals surface area contributed by atoms with E-state index < -0.39 is 0 Å². The summed E-state index contributed by atoms with van der Waals surface area (Å²) < 4.78 is 5.68. The van der Waals surface area contributed by atoms with Crippen LogP contribution < -0.4 is 10.1 Å². The van der Waals surface area contributed by atoms with E-state index in [0.717, 1.165) is 48.0 Å². The van der Waals surface area contributed by atoms with Crippen molar-refractivity contribution in [2.75, 3.05) is 13.2 Å². The first-order valence-corrected chi connectivity index (χ1v) is 8.33. The Hall–Kier alpha value is -1.46. The highest BCUT2D eigenvalue weighted by molar-refractivity contribution is 7.09. The molecule has 1 unspecified atom stereocenters. The van der Waals surface area contributed by atoms with Gasteiger partial charge in [0.1, 0.15) is 5.75 Å². The summed E-state index contributed by atoms with van der Waals surface area (Å²) in [4.78, 5) is 8.86. The predicted molar refractivity (Wildman–Crippen MR) is 87.0 cm³/mol. The lowest BCUT2D eigenvalue weighted by molar-refractivity contribution is 0.315. The lowest BCUT2D eigenvalue weighted by atomic mass is 10.1. The van der Waals surface area contributed by atoms with E-state index in [4.69, 9.17) is 4.74 Å². The monoisotopic (exact) mass is 305 g/mol. The van der Waals surface area contributed by atoms with Crippen LogP contribution in [0.4, 0.5) is 0 Å². The number of nitrogens with zero attached hydrogens (tertiary/aromatic N) is 2. The third-order valence-corrected chi connectivity index (χ3v) is 4.09. The van der Waals surface area contributed by atoms with E-state index in [2.05, 4.69) is 40.6 Å². The largest absolute Gasteiger partial charge is 0.492 e. The van der Waals surface area contributed by atoms with Gasteiger partial charge in [0.05, 0.1) is 17.8 Å². The van der Waals surface area contributed by atoms with Gasteiger partial charge >= 0.3 is 0 Å². The van der Waals surface area contributed by atoms with Crippen molar-refractivity contribution < 1.29 is 4.74 Å². The molecule has 0 aliphatic carbocycles. The van der Waals surface area contributed by atoms with Gasteiger partial charge in [0.2, 0.25) is 0 Å². The number of nitrogens with one attached hydrogen (secondary N) is 1. The molecule has 2 rings (SSSR count). The van der Waals surface area contributed by atoms with Crippen molar-refractivity contribution in [1.82, 2.24) is 15.3 Å². The molecule has 1 N–H and O–H groups in total. The van der Waals surface area contributed by atoms with Crippen LogP contribution >= 0.6 is 11.3 Å². The van der Waals surface area contributed by atoms with E-state index in [1.807, 2.05) is 13.1 Å². The van der Waals surface area contributed by atoms with Crippen molar-refractivity contribution in [1.29, 1.82) is 0 Å². The molecular formula is C16H23N3OS. The number of pyridine rings is 1. The van der Waals surface area contributed by atoms with Crippen molar-refractivity contribution in [3.8, 4) is 5.75 Å². The topological polar surface area (TPSA) is 47.0 Å². The molecule has 0 amide bonds. The number of hydrogen-bond donors (Lipinski definition) is 1. The second-order valence-electron chi connectivity index (χ2n) is 5.00. The third kappa shape index (κ3) is 4.79. The van der Waals surface area contributed by atoms with E-state index in [-0.39, 0.29) is 6.04 Å². The standard InChI is InChI=1S/C16H23N3OS/c1-4-6-20-14-7-13(9-17-10-14)15(18-5-2)8-16-19-12(3)11-21-16/h7,9-11,15,18H,4-6,8H2,1-3H3. The molecule has 0 aliphatic rings. The van der Waals surface area contributed by atoms with Gasteiger partial charge in [0, 0.05) is 29.7 Å². The summed E-state index contributed by atoms with van der Waals surface area (Å²) in [6, 6.07) is 2.30. The van der Waals surface area contributed by atoms with Crippen LogP contribution in [0.25, 0.3) is 0 Å².